The summed E-state index contributed by atoms with van der Waals surface area (Å²) in [6.07, 6.45) is 2.21. The van der Waals surface area contributed by atoms with Gasteiger partial charge in [-0.1, -0.05) is 13.8 Å². The minimum absolute atomic E-state index is 0.251. The lowest BCUT2D eigenvalue weighted by molar-refractivity contribution is 0.156. The van der Waals surface area contributed by atoms with Gasteiger partial charge in [0.05, 0.1) is 7.11 Å². The molecule has 0 atom stereocenters. The molecule has 1 aromatic carbocycles. The SMILES string of the molecule is COc1ccc2c(c1)OC(C)(C)C=C2C(C)C. The van der Waals surface area contributed by atoms with Crippen molar-refractivity contribution in [3.05, 3.63) is 29.8 Å². The molecule has 0 saturated carbocycles. The summed E-state index contributed by atoms with van der Waals surface area (Å²) in [5.41, 5.74) is 2.28. The van der Waals surface area contributed by atoms with Crippen LogP contribution in [0.3, 0.4) is 0 Å². The van der Waals surface area contributed by atoms with Crippen LogP contribution in [0.2, 0.25) is 0 Å². The van der Waals surface area contributed by atoms with Gasteiger partial charge in [0.25, 0.3) is 0 Å². The van der Waals surface area contributed by atoms with Gasteiger partial charge in [-0.05, 0) is 43.5 Å². The van der Waals surface area contributed by atoms with Gasteiger partial charge in [0.2, 0.25) is 0 Å². The monoisotopic (exact) mass is 232 g/mol. The van der Waals surface area contributed by atoms with Crippen LogP contribution in [0, 0.1) is 5.92 Å². The first-order valence-corrected chi connectivity index (χ1v) is 6.03. The van der Waals surface area contributed by atoms with Gasteiger partial charge in [0, 0.05) is 11.6 Å². The number of rotatable bonds is 2. The number of hydrogen-bond acceptors (Lipinski definition) is 2. The van der Waals surface area contributed by atoms with Crippen LogP contribution in [0.4, 0.5) is 0 Å². The molecule has 0 radical (unpaired) electrons. The summed E-state index contributed by atoms with van der Waals surface area (Å²) < 4.78 is 11.2. The average Bonchev–Trinajstić information content (AvgIpc) is 2.25. The summed E-state index contributed by atoms with van der Waals surface area (Å²) >= 11 is 0. The highest BCUT2D eigenvalue weighted by atomic mass is 16.5. The molecule has 2 heteroatoms. The van der Waals surface area contributed by atoms with E-state index in [0.717, 1.165) is 11.5 Å². The van der Waals surface area contributed by atoms with Gasteiger partial charge in [-0.15, -0.1) is 0 Å². The summed E-state index contributed by atoms with van der Waals surface area (Å²) in [5.74, 6) is 2.25. The van der Waals surface area contributed by atoms with Gasteiger partial charge >= 0.3 is 0 Å². The standard InChI is InChI=1S/C15H20O2/c1-10(2)13-9-15(3,4)17-14-8-11(16-5)6-7-12(13)14/h6-10H,1-5H3. The van der Waals surface area contributed by atoms with E-state index in [-0.39, 0.29) is 5.60 Å². The Bertz CT molecular complexity index is 456. The van der Waals surface area contributed by atoms with E-state index in [9.17, 15) is 0 Å². The average molecular weight is 232 g/mol. The number of hydrogen-bond donors (Lipinski definition) is 0. The number of allylic oxidation sites excluding steroid dienone is 1. The predicted molar refractivity (Wildman–Crippen MR) is 70.5 cm³/mol. The molecule has 2 nitrogen and oxygen atoms in total. The smallest absolute Gasteiger partial charge is 0.131 e. The van der Waals surface area contributed by atoms with Crippen molar-refractivity contribution >= 4 is 5.57 Å². The van der Waals surface area contributed by atoms with Crippen LogP contribution in [0.25, 0.3) is 5.57 Å². The second-order valence-corrected chi connectivity index (χ2v) is 5.32. The van der Waals surface area contributed by atoms with Gasteiger partial charge < -0.3 is 9.47 Å². The summed E-state index contributed by atoms with van der Waals surface area (Å²) in [7, 11) is 1.68. The van der Waals surface area contributed by atoms with Gasteiger partial charge in [0.1, 0.15) is 17.1 Å². The summed E-state index contributed by atoms with van der Waals surface area (Å²) in [4.78, 5) is 0. The molecular formula is C15H20O2. The Morgan fingerprint density at radius 1 is 1.24 bits per heavy atom. The molecule has 0 amide bonds. The Hall–Kier alpha value is -1.44. The highest BCUT2D eigenvalue weighted by Gasteiger charge is 2.27. The van der Waals surface area contributed by atoms with Crippen molar-refractivity contribution in [1.29, 1.82) is 0 Å². The third-order valence-electron chi connectivity index (χ3n) is 3.00. The molecule has 0 fully saturated rings. The van der Waals surface area contributed by atoms with Gasteiger partial charge in [0.15, 0.2) is 0 Å². The van der Waals surface area contributed by atoms with Gasteiger partial charge in [-0.2, -0.15) is 0 Å². The summed E-state index contributed by atoms with van der Waals surface area (Å²) in [6, 6.07) is 6.03. The molecule has 2 rings (SSSR count). The van der Waals surface area contributed by atoms with Crippen molar-refractivity contribution in [2.45, 2.75) is 33.3 Å². The van der Waals surface area contributed by atoms with E-state index in [1.165, 1.54) is 11.1 Å². The predicted octanol–water partition coefficient (Wildman–Crippen LogP) is 3.91. The second-order valence-electron chi connectivity index (χ2n) is 5.32. The van der Waals surface area contributed by atoms with Crippen LogP contribution in [0.5, 0.6) is 11.5 Å². The zero-order chi connectivity index (χ0) is 12.6. The highest BCUT2D eigenvalue weighted by Crippen LogP contribution is 2.40. The van der Waals surface area contributed by atoms with Crippen LogP contribution in [-0.2, 0) is 0 Å². The van der Waals surface area contributed by atoms with Crippen LogP contribution in [-0.4, -0.2) is 12.7 Å². The largest absolute Gasteiger partial charge is 0.497 e. The number of ether oxygens (including phenoxy) is 2. The quantitative estimate of drug-likeness (QED) is 0.769. The molecule has 0 saturated heterocycles. The Labute approximate surface area is 103 Å². The minimum atomic E-state index is -0.251. The molecule has 0 aromatic heterocycles. The molecule has 1 aliphatic rings. The van der Waals surface area contributed by atoms with Crippen LogP contribution in [0.1, 0.15) is 33.3 Å². The Morgan fingerprint density at radius 3 is 2.53 bits per heavy atom. The first-order chi connectivity index (χ1) is 7.93. The maximum Gasteiger partial charge on any atom is 0.131 e. The summed E-state index contributed by atoms with van der Waals surface area (Å²) in [6.45, 7) is 8.58. The van der Waals surface area contributed by atoms with E-state index < -0.39 is 0 Å². The molecule has 0 aliphatic carbocycles. The normalized spacial score (nSPS) is 17.2. The number of benzene rings is 1. The van der Waals surface area contributed by atoms with E-state index in [1.807, 2.05) is 12.1 Å². The molecule has 1 aromatic rings. The van der Waals surface area contributed by atoms with Crippen molar-refractivity contribution < 1.29 is 9.47 Å². The van der Waals surface area contributed by atoms with Crippen molar-refractivity contribution in [3.8, 4) is 11.5 Å². The van der Waals surface area contributed by atoms with Crippen LogP contribution >= 0.6 is 0 Å². The first-order valence-electron chi connectivity index (χ1n) is 6.03. The summed E-state index contributed by atoms with van der Waals surface area (Å²) in [5, 5.41) is 0. The topological polar surface area (TPSA) is 18.5 Å². The fourth-order valence-electron chi connectivity index (χ4n) is 2.20. The molecule has 17 heavy (non-hydrogen) atoms. The first kappa shape index (κ1) is 12.0. The van der Waals surface area contributed by atoms with Gasteiger partial charge in [-0.25, -0.2) is 0 Å². The van der Waals surface area contributed by atoms with E-state index in [1.54, 1.807) is 7.11 Å². The van der Waals surface area contributed by atoms with E-state index in [0.29, 0.717) is 5.92 Å². The van der Waals surface area contributed by atoms with Crippen molar-refractivity contribution in [2.24, 2.45) is 5.92 Å². The Kier molecular flexibility index (Phi) is 2.90. The molecule has 0 unspecified atom stereocenters. The Morgan fingerprint density at radius 2 is 1.94 bits per heavy atom. The second kappa shape index (κ2) is 4.10. The van der Waals surface area contributed by atoms with Crippen molar-refractivity contribution in [1.82, 2.24) is 0 Å². The zero-order valence-corrected chi connectivity index (χ0v) is 11.2. The fourth-order valence-corrected chi connectivity index (χ4v) is 2.20. The van der Waals surface area contributed by atoms with E-state index in [2.05, 4.69) is 39.8 Å². The highest BCUT2D eigenvalue weighted by molar-refractivity contribution is 5.75. The maximum absolute atomic E-state index is 5.99. The lowest BCUT2D eigenvalue weighted by Crippen LogP contribution is -2.29. The lowest BCUT2D eigenvalue weighted by atomic mass is 9.88. The Balaban J connectivity index is 2.54. The zero-order valence-electron chi connectivity index (χ0n) is 11.2. The third kappa shape index (κ3) is 2.31. The third-order valence-corrected chi connectivity index (χ3v) is 3.00. The molecule has 1 heterocycles. The molecule has 92 valence electrons. The van der Waals surface area contributed by atoms with E-state index >= 15 is 0 Å². The van der Waals surface area contributed by atoms with E-state index in [4.69, 9.17) is 9.47 Å². The molecule has 0 spiro atoms. The molecule has 1 aliphatic heterocycles. The number of methoxy groups -OCH3 is 1. The van der Waals surface area contributed by atoms with Crippen molar-refractivity contribution in [3.63, 3.8) is 0 Å². The lowest BCUT2D eigenvalue weighted by Gasteiger charge is -2.32. The fraction of sp³-hybridized carbons (Fsp3) is 0.467. The van der Waals surface area contributed by atoms with Gasteiger partial charge in [-0.3, -0.25) is 0 Å². The number of fused-ring (bicyclic) bond motifs is 1. The molecule has 0 bridgehead atoms. The molecule has 0 N–H and O–H groups in total. The molecular weight excluding hydrogens is 212 g/mol. The maximum atomic E-state index is 5.99. The van der Waals surface area contributed by atoms with Crippen molar-refractivity contribution in [2.75, 3.05) is 7.11 Å². The minimum Gasteiger partial charge on any atom is -0.497 e. The van der Waals surface area contributed by atoms with Crippen LogP contribution < -0.4 is 9.47 Å². The van der Waals surface area contributed by atoms with Crippen LogP contribution in [0.15, 0.2) is 24.3 Å².